The number of benzene rings is 1. The molecule has 3 aromatic heterocycles. The summed E-state index contributed by atoms with van der Waals surface area (Å²) < 4.78 is 1.90. The lowest BCUT2D eigenvalue weighted by Crippen LogP contribution is -2.25. The predicted octanol–water partition coefficient (Wildman–Crippen LogP) is 2.53. The lowest BCUT2D eigenvalue weighted by atomic mass is 10.1. The number of imidazole rings is 1. The Balaban J connectivity index is 1.42. The monoisotopic (exact) mass is 420 g/mol. The number of thioether (sulfide) groups is 1. The first-order valence-electron chi connectivity index (χ1n) is 9.35. The Hall–Kier alpha value is -3.46. The summed E-state index contributed by atoms with van der Waals surface area (Å²) in [6.07, 6.45) is 5.28. The van der Waals surface area contributed by atoms with Crippen LogP contribution in [0, 0.1) is 13.8 Å². The molecular formula is C21H20N6O2S. The largest absolute Gasteiger partial charge is 0.351 e. The van der Waals surface area contributed by atoms with Crippen LogP contribution in [0.3, 0.4) is 0 Å². The second kappa shape index (κ2) is 8.50. The van der Waals surface area contributed by atoms with Crippen molar-refractivity contribution in [2.45, 2.75) is 25.5 Å². The fraction of sp³-hybridized carbons (Fsp3) is 0.190. The molecular weight excluding hydrogens is 400 g/mol. The number of aromatic amines is 1. The maximum absolute atomic E-state index is 12.4. The molecule has 0 atom stereocenters. The SMILES string of the molecule is Cc1cc(C)c2c(=O)[nH]c(SCC(=O)NCc3ccccc3-n3ccnc3)nc2n1. The van der Waals surface area contributed by atoms with Gasteiger partial charge in [-0.25, -0.2) is 15.0 Å². The minimum Gasteiger partial charge on any atom is -0.351 e. The van der Waals surface area contributed by atoms with Crippen LogP contribution < -0.4 is 10.9 Å². The summed E-state index contributed by atoms with van der Waals surface area (Å²) >= 11 is 1.17. The van der Waals surface area contributed by atoms with Crippen LogP contribution in [0.2, 0.25) is 0 Å². The zero-order chi connectivity index (χ0) is 21.1. The van der Waals surface area contributed by atoms with Crippen molar-refractivity contribution < 1.29 is 4.79 Å². The molecule has 30 heavy (non-hydrogen) atoms. The number of para-hydroxylation sites is 1. The number of carbonyl (C=O) groups excluding carboxylic acids is 1. The second-order valence-corrected chi connectivity index (χ2v) is 7.78. The molecule has 9 heteroatoms. The molecule has 0 saturated carbocycles. The third-order valence-electron chi connectivity index (χ3n) is 4.57. The van der Waals surface area contributed by atoms with Crippen molar-refractivity contribution in [3.8, 4) is 5.69 Å². The van der Waals surface area contributed by atoms with Crippen LogP contribution in [-0.2, 0) is 11.3 Å². The van der Waals surface area contributed by atoms with Crippen LogP contribution in [0.4, 0.5) is 0 Å². The number of H-pyrrole nitrogens is 1. The molecule has 1 amide bonds. The summed E-state index contributed by atoms with van der Waals surface area (Å²) in [4.78, 5) is 40.3. The fourth-order valence-electron chi connectivity index (χ4n) is 3.22. The lowest BCUT2D eigenvalue weighted by Gasteiger charge is -2.11. The minimum atomic E-state index is -0.248. The Labute approximate surface area is 176 Å². The van der Waals surface area contributed by atoms with Gasteiger partial charge in [0, 0.05) is 24.6 Å². The highest BCUT2D eigenvalue weighted by atomic mass is 32.2. The number of hydrogen-bond acceptors (Lipinski definition) is 6. The minimum absolute atomic E-state index is 0.131. The molecule has 0 bridgehead atoms. The molecule has 0 saturated heterocycles. The maximum atomic E-state index is 12.4. The van der Waals surface area contributed by atoms with Crippen molar-refractivity contribution in [3.05, 3.63) is 76.2 Å². The molecule has 0 aliphatic rings. The topological polar surface area (TPSA) is 106 Å². The number of nitrogens with one attached hydrogen (secondary N) is 2. The van der Waals surface area contributed by atoms with Crippen LogP contribution in [0.1, 0.15) is 16.8 Å². The molecule has 4 rings (SSSR count). The van der Waals surface area contributed by atoms with Gasteiger partial charge in [0.15, 0.2) is 10.8 Å². The molecule has 2 N–H and O–H groups in total. The van der Waals surface area contributed by atoms with Crippen molar-refractivity contribution in [2.75, 3.05) is 5.75 Å². The Morgan fingerprint density at radius 2 is 2.07 bits per heavy atom. The summed E-state index contributed by atoms with van der Waals surface area (Å²) in [6, 6.07) is 9.65. The molecule has 1 aromatic carbocycles. The van der Waals surface area contributed by atoms with Gasteiger partial charge in [0.2, 0.25) is 5.91 Å². The summed E-state index contributed by atoms with van der Waals surface area (Å²) in [5.41, 5.74) is 3.71. The number of hydrogen-bond donors (Lipinski definition) is 2. The van der Waals surface area contributed by atoms with E-state index in [-0.39, 0.29) is 17.2 Å². The molecule has 0 spiro atoms. The number of aryl methyl sites for hydroxylation is 2. The molecule has 0 aliphatic heterocycles. The van der Waals surface area contributed by atoms with Gasteiger partial charge in [-0.15, -0.1) is 0 Å². The number of nitrogens with zero attached hydrogens (tertiary/aromatic N) is 4. The predicted molar refractivity (Wildman–Crippen MR) is 116 cm³/mol. The lowest BCUT2D eigenvalue weighted by molar-refractivity contribution is -0.118. The summed E-state index contributed by atoms with van der Waals surface area (Å²) in [7, 11) is 0. The smallest absolute Gasteiger partial charge is 0.261 e. The zero-order valence-corrected chi connectivity index (χ0v) is 17.4. The van der Waals surface area contributed by atoms with E-state index in [1.54, 1.807) is 12.5 Å². The highest BCUT2D eigenvalue weighted by Crippen LogP contribution is 2.17. The third-order valence-corrected chi connectivity index (χ3v) is 5.44. The first-order chi connectivity index (χ1) is 14.5. The van der Waals surface area contributed by atoms with E-state index in [0.29, 0.717) is 22.7 Å². The van der Waals surface area contributed by atoms with Crippen molar-refractivity contribution >= 4 is 28.7 Å². The van der Waals surface area contributed by atoms with Crippen LogP contribution in [0.5, 0.6) is 0 Å². The number of aromatic nitrogens is 5. The number of carbonyl (C=O) groups is 1. The van der Waals surface area contributed by atoms with Crippen molar-refractivity contribution in [3.63, 3.8) is 0 Å². The maximum Gasteiger partial charge on any atom is 0.261 e. The molecule has 0 aliphatic carbocycles. The quantitative estimate of drug-likeness (QED) is 0.367. The van der Waals surface area contributed by atoms with Gasteiger partial charge in [0.1, 0.15) is 0 Å². The van der Waals surface area contributed by atoms with E-state index in [2.05, 4.69) is 25.3 Å². The number of fused-ring (bicyclic) bond motifs is 1. The van der Waals surface area contributed by atoms with E-state index >= 15 is 0 Å². The van der Waals surface area contributed by atoms with Gasteiger partial charge in [-0.1, -0.05) is 30.0 Å². The van der Waals surface area contributed by atoms with Crippen molar-refractivity contribution in [2.24, 2.45) is 0 Å². The summed E-state index contributed by atoms with van der Waals surface area (Å²) in [6.45, 7) is 4.10. The van der Waals surface area contributed by atoms with E-state index in [0.717, 1.165) is 22.5 Å². The first kappa shape index (κ1) is 19.8. The van der Waals surface area contributed by atoms with Crippen LogP contribution >= 0.6 is 11.8 Å². The average molecular weight is 420 g/mol. The van der Waals surface area contributed by atoms with Gasteiger partial charge < -0.3 is 14.9 Å². The molecule has 4 aromatic rings. The molecule has 0 unspecified atom stereocenters. The van der Waals surface area contributed by atoms with Gasteiger partial charge >= 0.3 is 0 Å². The normalized spacial score (nSPS) is 11.0. The molecule has 152 valence electrons. The Bertz CT molecular complexity index is 1270. The third kappa shape index (κ3) is 4.25. The number of rotatable bonds is 6. The van der Waals surface area contributed by atoms with Gasteiger partial charge in [0.25, 0.3) is 5.56 Å². The van der Waals surface area contributed by atoms with E-state index in [1.807, 2.05) is 54.9 Å². The summed E-state index contributed by atoms with van der Waals surface area (Å²) in [5.74, 6) is -0.0245. The van der Waals surface area contributed by atoms with Gasteiger partial charge in [-0.3, -0.25) is 9.59 Å². The second-order valence-electron chi connectivity index (χ2n) is 6.81. The number of amides is 1. The molecule has 0 fully saturated rings. The van der Waals surface area contributed by atoms with Crippen molar-refractivity contribution in [1.82, 2.24) is 29.8 Å². The highest BCUT2D eigenvalue weighted by molar-refractivity contribution is 7.99. The zero-order valence-electron chi connectivity index (χ0n) is 16.5. The highest BCUT2D eigenvalue weighted by Gasteiger charge is 2.11. The van der Waals surface area contributed by atoms with Crippen molar-refractivity contribution in [1.29, 1.82) is 0 Å². The van der Waals surface area contributed by atoms with E-state index < -0.39 is 0 Å². The Morgan fingerprint density at radius 1 is 1.23 bits per heavy atom. The fourth-order valence-corrected chi connectivity index (χ4v) is 3.91. The van der Waals surface area contributed by atoms with Gasteiger partial charge in [-0.2, -0.15) is 0 Å². The van der Waals surface area contributed by atoms with E-state index in [4.69, 9.17) is 0 Å². The number of pyridine rings is 1. The summed E-state index contributed by atoms with van der Waals surface area (Å²) in [5, 5.41) is 3.76. The van der Waals surface area contributed by atoms with E-state index in [9.17, 15) is 9.59 Å². The molecule has 0 radical (unpaired) electrons. The Kier molecular flexibility index (Phi) is 5.62. The molecule has 3 heterocycles. The van der Waals surface area contributed by atoms with Crippen LogP contribution in [-0.4, -0.2) is 36.2 Å². The first-order valence-corrected chi connectivity index (χ1v) is 10.3. The van der Waals surface area contributed by atoms with E-state index in [1.165, 1.54) is 11.8 Å². The Morgan fingerprint density at radius 3 is 2.87 bits per heavy atom. The molecule has 8 nitrogen and oxygen atoms in total. The van der Waals surface area contributed by atoms with Gasteiger partial charge in [0.05, 0.1) is 23.2 Å². The average Bonchev–Trinajstić information content (AvgIpc) is 3.25. The standard InChI is InChI=1S/C21H20N6O2S/c1-13-9-14(2)24-19-18(13)20(29)26-21(25-19)30-11-17(28)23-10-15-5-3-4-6-16(15)27-8-7-22-12-27/h3-9,12H,10-11H2,1-2H3,(H,23,28)(H,24,25,26,29). The van der Waals surface area contributed by atoms with Crippen LogP contribution in [0.25, 0.3) is 16.7 Å². The van der Waals surface area contributed by atoms with Crippen LogP contribution in [0.15, 0.2) is 59.0 Å². The van der Waals surface area contributed by atoms with Gasteiger partial charge in [-0.05, 0) is 37.1 Å².